The lowest BCUT2D eigenvalue weighted by molar-refractivity contribution is 0.608. The smallest absolute Gasteiger partial charge is 0.0642 e. The van der Waals surface area contributed by atoms with Crippen LogP contribution in [-0.4, -0.2) is 5.71 Å². The van der Waals surface area contributed by atoms with Crippen molar-refractivity contribution in [2.45, 2.75) is 72.1 Å². The Balaban J connectivity index is 1.35. The van der Waals surface area contributed by atoms with Crippen molar-refractivity contribution < 1.29 is 0 Å². The second kappa shape index (κ2) is 19.7. The van der Waals surface area contributed by atoms with E-state index in [1.54, 1.807) is 0 Å². The molecular weight excluding hydrogens is 687 g/mol. The monoisotopic (exact) mass is 741 g/mol. The van der Waals surface area contributed by atoms with E-state index in [9.17, 15) is 0 Å². The molecule has 0 N–H and O–H groups in total. The molecule has 0 fully saturated rings. The fourth-order valence-corrected chi connectivity index (χ4v) is 8.12. The van der Waals surface area contributed by atoms with Gasteiger partial charge in [0, 0.05) is 5.71 Å². The van der Waals surface area contributed by atoms with Crippen molar-refractivity contribution in [2.75, 3.05) is 0 Å². The molecule has 284 valence electrons. The zero-order valence-electron chi connectivity index (χ0n) is 33.9. The predicted molar refractivity (Wildman–Crippen MR) is 248 cm³/mol. The fourth-order valence-electron chi connectivity index (χ4n) is 8.12. The summed E-state index contributed by atoms with van der Waals surface area (Å²) in [5.41, 5.74) is 18.2. The summed E-state index contributed by atoms with van der Waals surface area (Å²) < 4.78 is 0. The molecule has 0 radical (unpaired) electrons. The summed E-state index contributed by atoms with van der Waals surface area (Å²) in [6.07, 6.45) is 11.8. The van der Waals surface area contributed by atoms with Crippen LogP contribution in [0.15, 0.2) is 186 Å². The molecule has 57 heavy (non-hydrogen) atoms. The van der Waals surface area contributed by atoms with Crippen molar-refractivity contribution in [1.82, 2.24) is 0 Å². The molecule has 0 aromatic heterocycles. The Kier molecular flexibility index (Phi) is 13.5. The second-order valence-corrected chi connectivity index (χ2v) is 15.1. The Morgan fingerprint density at radius 2 is 0.877 bits per heavy atom. The topological polar surface area (TPSA) is 12.4 Å². The van der Waals surface area contributed by atoms with Gasteiger partial charge in [0.25, 0.3) is 0 Å². The summed E-state index contributed by atoms with van der Waals surface area (Å²) in [5.74, 6) is 0. The van der Waals surface area contributed by atoms with Gasteiger partial charge in [-0.25, -0.2) is 0 Å². The van der Waals surface area contributed by atoms with Crippen LogP contribution in [0.25, 0.3) is 61.7 Å². The van der Waals surface area contributed by atoms with Crippen molar-refractivity contribution in [2.24, 2.45) is 4.99 Å². The first-order valence-electron chi connectivity index (χ1n) is 21.0. The molecule has 7 rings (SSSR count). The SMILES string of the molecule is CCCCCCCCc1cc(N=C(CC)C(C)=Cc2cc(-c3ccccc3)c(-c3ccccc3)c(-c3ccccc3)c2)cc(-c2ccccc2)c1-c1ccccc1. The lowest BCUT2D eigenvalue weighted by atomic mass is 9.85. The molecule has 0 saturated carbocycles. The maximum absolute atomic E-state index is 5.50. The van der Waals surface area contributed by atoms with E-state index in [0.29, 0.717) is 0 Å². The number of aliphatic imine (C=N–C) groups is 1. The van der Waals surface area contributed by atoms with Crippen LogP contribution in [0, 0.1) is 0 Å². The normalized spacial score (nSPS) is 11.8. The minimum absolute atomic E-state index is 0.829. The molecule has 0 atom stereocenters. The van der Waals surface area contributed by atoms with Gasteiger partial charge < -0.3 is 0 Å². The van der Waals surface area contributed by atoms with Crippen LogP contribution in [0.3, 0.4) is 0 Å². The third kappa shape index (κ3) is 9.86. The molecule has 0 bridgehead atoms. The maximum atomic E-state index is 5.50. The highest BCUT2D eigenvalue weighted by atomic mass is 14.7. The zero-order chi connectivity index (χ0) is 39.2. The van der Waals surface area contributed by atoms with Gasteiger partial charge in [-0.2, -0.15) is 0 Å². The average Bonchev–Trinajstić information content (AvgIpc) is 3.27. The molecule has 0 aliphatic heterocycles. The number of unbranched alkanes of at least 4 members (excludes halogenated alkanes) is 5. The van der Waals surface area contributed by atoms with E-state index < -0.39 is 0 Å². The molecule has 0 saturated heterocycles. The summed E-state index contributed by atoms with van der Waals surface area (Å²) in [7, 11) is 0. The molecule has 0 aliphatic rings. The Bertz CT molecular complexity index is 2330. The number of aryl methyl sites for hydroxylation is 1. The zero-order valence-corrected chi connectivity index (χ0v) is 33.9. The first kappa shape index (κ1) is 39.2. The van der Waals surface area contributed by atoms with Gasteiger partial charge in [0.05, 0.1) is 5.69 Å². The van der Waals surface area contributed by atoms with Crippen LogP contribution in [0.4, 0.5) is 5.69 Å². The highest BCUT2D eigenvalue weighted by Gasteiger charge is 2.18. The van der Waals surface area contributed by atoms with Crippen LogP contribution >= 0.6 is 0 Å². The fraction of sp³-hybridized carbons (Fsp3) is 0.196. The highest BCUT2D eigenvalue weighted by molar-refractivity contribution is 6.05. The summed E-state index contributed by atoms with van der Waals surface area (Å²) in [6.45, 7) is 6.74. The summed E-state index contributed by atoms with van der Waals surface area (Å²) >= 11 is 0. The van der Waals surface area contributed by atoms with Gasteiger partial charge in [0.15, 0.2) is 0 Å². The van der Waals surface area contributed by atoms with Crippen LogP contribution in [-0.2, 0) is 6.42 Å². The minimum Gasteiger partial charge on any atom is -0.253 e. The molecule has 1 nitrogen and oxygen atoms in total. The first-order chi connectivity index (χ1) is 28.1. The third-order valence-electron chi connectivity index (χ3n) is 11.0. The Labute approximate surface area is 341 Å². The molecule has 7 aromatic rings. The van der Waals surface area contributed by atoms with Crippen LogP contribution in [0.1, 0.15) is 76.8 Å². The Morgan fingerprint density at radius 1 is 0.456 bits per heavy atom. The van der Waals surface area contributed by atoms with E-state index in [-0.39, 0.29) is 0 Å². The third-order valence-corrected chi connectivity index (χ3v) is 11.0. The van der Waals surface area contributed by atoms with E-state index in [4.69, 9.17) is 4.99 Å². The molecule has 1 heteroatoms. The van der Waals surface area contributed by atoms with Crippen molar-refractivity contribution in [3.63, 3.8) is 0 Å². The van der Waals surface area contributed by atoms with Gasteiger partial charge in [-0.15, -0.1) is 0 Å². The van der Waals surface area contributed by atoms with Crippen molar-refractivity contribution >= 4 is 17.5 Å². The molecule has 0 spiro atoms. The van der Waals surface area contributed by atoms with Gasteiger partial charge in [0.2, 0.25) is 0 Å². The average molecular weight is 742 g/mol. The number of hydrogen-bond acceptors (Lipinski definition) is 1. The van der Waals surface area contributed by atoms with E-state index in [2.05, 4.69) is 203 Å². The van der Waals surface area contributed by atoms with Crippen LogP contribution in [0.5, 0.6) is 0 Å². The molecular formula is C56H55N. The van der Waals surface area contributed by atoms with Crippen molar-refractivity contribution in [3.05, 3.63) is 193 Å². The summed E-state index contributed by atoms with van der Waals surface area (Å²) in [4.78, 5) is 5.50. The second-order valence-electron chi connectivity index (χ2n) is 15.1. The lowest BCUT2D eigenvalue weighted by Gasteiger charge is -2.19. The van der Waals surface area contributed by atoms with E-state index in [0.717, 1.165) is 24.2 Å². The van der Waals surface area contributed by atoms with E-state index in [1.807, 2.05) is 0 Å². The minimum atomic E-state index is 0.829. The molecule has 0 amide bonds. The van der Waals surface area contributed by atoms with E-state index >= 15 is 0 Å². The van der Waals surface area contributed by atoms with Crippen LogP contribution in [0.2, 0.25) is 0 Å². The number of nitrogens with zero attached hydrogens (tertiary/aromatic N) is 1. The van der Waals surface area contributed by atoms with Crippen molar-refractivity contribution in [3.8, 4) is 55.6 Å². The van der Waals surface area contributed by atoms with E-state index in [1.165, 1.54) is 111 Å². The van der Waals surface area contributed by atoms with Gasteiger partial charge in [0.1, 0.15) is 0 Å². The molecule has 0 heterocycles. The van der Waals surface area contributed by atoms with Crippen LogP contribution < -0.4 is 0 Å². The highest BCUT2D eigenvalue weighted by Crippen LogP contribution is 2.42. The maximum Gasteiger partial charge on any atom is 0.0642 e. The largest absolute Gasteiger partial charge is 0.253 e. The molecule has 0 unspecified atom stereocenters. The van der Waals surface area contributed by atoms with Gasteiger partial charge >= 0.3 is 0 Å². The summed E-state index contributed by atoms with van der Waals surface area (Å²) in [6, 6.07) is 63.7. The lowest BCUT2D eigenvalue weighted by Crippen LogP contribution is -2.00. The molecule has 7 aromatic carbocycles. The quantitative estimate of drug-likeness (QED) is 0.0691. The van der Waals surface area contributed by atoms with Gasteiger partial charge in [-0.05, 0) is 123 Å². The van der Waals surface area contributed by atoms with Crippen molar-refractivity contribution in [1.29, 1.82) is 0 Å². The Hall–Kier alpha value is -6.05. The Morgan fingerprint density at radius 3 is 1.35 bits per heavy atom. The predicted octanol–water partition coefficient (Wildman–Crippen LogP) is 16.5. The standard InChI is InChI=1S/C56H55N/c1-4-6-7-8-9-15-36-49-40-50(41-53(46-30-20-12-21-31-46)55(49)47-32-22-13-23-33-47)57-54(5-2)42(3)37-43-38-51(44-26-16-10-17-27-44)56(48-34-24-14-25-35-48)52(39-43)45-28-18-11-19-29-45/h10-14,16-35,37-41H,4-9,15,36H2,1-3H3. The number of hydrogen-bond donors (Lipinski definition) is 0. The number of allylic oxidation sites excluding steroid dienone is 1. The van der Waals surface area contributed by atoms with Gasteiger partial charge in [-0.3, -0.25) is 4.99 Å². The number of benzene rings is 7. The number of rotatable bonds is 16. The summed E-state index contributed by atoms with van der Waals surface area (Å²) in [5, 5.41) is 0. The first-order valence-corrected chi connectivity index (χ1v) is 21.0. The van der Waals surface area contributed by atoms with Gasteiger partial charge in [-0.1, -0.05) is 204 Å². The molecule has 0 aliphatic carbocycles.